The van der Waals surface area contributed by atoms with Crippen molar-refractivity contribution in [1.82, 2.24) is 14.7 Å². The van der Waals surface area contributed by atoms with E-state index in [1.54, 1.807) is 7.05 Å². The molecule has 0 radical (unpaired) electrons. The van der Waals surface area contributed by atoms with Gasteiger partial charge in [-0.2, -0.15) is 5.10 Å². The third-order valence-electron chi connectivity index (χ3n) is 4.45. The molecular formula is C13H16ClN3O5S. The molecule has 10 heteroatoms. The summed E-state index contributed by atoms with van der Waals surface area (Å²) < 4.78 is 28.4. The van der Waals surface area contributed by atoms with Gasteiger partial charge in [0.15, 0.2) is 5.69 Å². The second kappa shape index (κ2) is 5.20. The molecule has 3 rings (SSSR count). The molecule has 0 unspecified atom stereocenters. The number of halogens is 1. The van der Waals surface area contributed by atoms with E-state index in [0.717, 1.165) is 0 Å². The molecule has 2 aliphatic rings. The standard InChI is InChI=1S/C13H16ClN3O5S/c1-16-10-8(9(15-16)12(19)22-2)3-6-17(11(10)18)7-13(4-5-13)23(14,20)21/h3-7H2,1-2H3. The van der Waals surface area contributed by atoms with Crippen LogP contribution in [0.1, 0.15) is 39.4 Å². The Bertz CT molecular complexity index is 797. The van der Waals surface area contributed by atoms with Crippen LogP contribution in [0.3, 0.4) is 0 Å². The minimum atomic E-state index is -3.73. The van der Waals surface area contributed by atoms with Crippen LogP contribution in [0.25, 0.3) is 0 Å². The van der Waals surface area contributed by atoms with Crippen LogP contribution in [-0.2, 0) is 27.3 Å². The fourth-order valence-corrected chi connectivity index (χ4v) is 4.46. The number of ether oxygens (including phenoxy) is 1. The first-order valence-corrected chi connectivity index (χ1v) is 9.39. The van der Waals surface area contributed by atoms with E-state index in [9.17, 15) is 18.0 Å². The monoisotopic (exact) mass is 361 g/mol. The summed E-state index contributed by atoms with van der Waals surface area (Å²) in [6.45, 7) is 0.380. The average Bonchev–Trinajstić information content (AvgIpc) is 3.19. The summed E-state index contributed by atoms with van der Waals surface area (Å²) in [7, 11) is 4.59. The largest absolute Gasteiger partial charge is 0.464 e. The summed E-state index contributed by atoms with van der Waals surface area (Å²) in [5.74, 6) is -0.937. The maximum atomic E-state index is 12.7. The van der Waals surface area contributed by atoms with E-state index in [-0.39, 0.29) is 18.1 Å². The van der Waals surface area contributed by atoms with Gasteiger partial charge in [-0.1, -0.05) is 0 Å². The Morgan fingerprint density at radius 2 is 2.09 bits per heavy atom. The Labute approximate surface area is 137 Å². The molecule has 1 amide bonds. The highest BCUT2D eigenvalue weighted by molar-refractivity contribution is 8.15. The Hall–Kier alpha value is -1.61. The number of hydrogen-bond acceptors (Lipinski definition) is 6. The molecule has 1 saturated carbocycles. The lowest BCUT2D eigenvalue weighted by atomic mass is 10.0. The smallest absolute Gasteiger partial charge is 0.358 e. The van der Waals surface area contributed by atoms with Gasteiger partial charge in [0, 0.05) is 36.4 Å². The van der Waals surface area contributed by atoms with Crippen LogP contribution in [0.2, 0.25) is 0 Å². The minimum Gasteiger partial charge on any atom is -0.464 e. The normalized spacial score (nSPS) is 19.4. The number of amides is 1. The molecule has 126 valence electrons. The number of rotatable bonds is 4. The first-order valence-electron chi connectivity index (χ1n) is 7.08. The van der Waals surface area contributed by atoms with Crippen LogP contribution in [0.15, 0.2) is 0 Å². The number of carbonyl (C=O) groups is 2. The lowest BCUT2D eigenvalue weighted by Crippen LogP contribution is -2.45. The summed E-state index contributed by atoms with van der Waals surface area (Å²) in [4.78, 5) is 25.9. The molecule has 1 fully saturated rings. The zero-order valence-corrected chi connectivity index (χ0v) is 14.3. The van der Waals surface area contributed by atoms with Gasteiger partial charge in [0.1, 0.15) is 10.4 Å². The molecule has 0 atom stereocenters. The highest BCUT2D eigenvalue weighted by Crippen LogP contribution is 2.46. The van der Waals surface area contributed by atoms with Gasteiger partial charge < -0.3 is 9.64 Å². The number of nitrogens with zero attached hydrogens (tertiary/aromatic N) is 3. The van der Waals surface area contributed by atoms with Crippen molar-refractivity contribution < 1.29 is 22.7 Å². The number of methoxy groups -OCH3 is 1. The molecule has 1 aromatic heterocycles. The van der Waals surface area contributed by atoms with Gasteiger partial charge in [0.05, 0.1) is 7.11 Å². The minimum absolute atomic E-state index is 0.0653. The molecule has 2 heterocycles. The van der Waals surface area contributed by atoms with Crippen molar-refractivity contribution in [3.63, 3.8) is 0 Å². The van der Waals surface area contributed by atoms with E-state index >= 15 is 0 Å². The Morgan fingerprint density at radius 1 is 1.43 bits per heavy atom. The number of hydrogen-bond donors (Lipinski definition) is 0. The summed E-state index contributed by atoms with van der Waals surface area (Å²) in [5.41, 5.74) is 0.961. The van der Waals surface area contributed by atoms with Crippen LogP contribution >= 0.6 is 10.7 Å². The molecule has 1 aliphatic carbocycles. The predicted molar refractivity (Wildman–Crippen MR) is 80.9 cm³/mol. The quantitative estimate of drug-likeness (QED) is 0.565. The van der Waals surface area contributed by atoms with Gasteiger partial charge in [-0.05, 0) is 19.3 Å². The fraction of sp³-hybridized carbons (Fsp3) is 0.615. The SMILES string of the molecule is COC(=O)c1nn(C)c2c1CCN(CC1(S(=O)(=O)Cl)CC1)C2=O. The first kappa shape index (κ1) is 16.3. The lowest BCUT2D eigenvalue weighted by Gasteiger charge is -2.29. The van der Waals surface area contributed by atoms with Crippen LogP contribution in [0.4, 0.5) is 0 Å². The van der Waals surface area contributed by atoms with Crippen LogP contribution in [0, 0.1) is 0 Å². The maximum absolute atomic E-state index is 12.7. The molecule has 0 bridgehead atoms. The van der Waals surface area contributed by atoms with Gasteiger partial charge in [0.2, 0.25) is 9.05 Å². The summed E-state index contributed by atoms with van der Waals surface area (Å²) in [5, 5.41) is 4.06. The molecule has 1 aromatic rings. The molecule has 8 nitrogen and oxygen atoms in total. The zero-order chi connectivity index (χ0) is 17.0. The van der Waals surface area contributed by atoms with Gasteiger partial charge in [-0.25, -0.2) is 13.2 Å². The number of esters is 1. The molecule has 1 aliphatic heterocycles. The highest BCUT2D eigenvalue weighted by Gasteiger charge is 2.55. The van der Waals surface area contributed by atoms with Crippen molar-refractivity contribution in [2.75, 3.05) is 20.2 Å². The van der Waals surface area contributed by atoms with Gasteiger partial charge in [-0.15, -0.1) is 0 Å². The average molecular weight is 362 g/mol. The summed E-state index contributed by atoms with van der Waals surface area (Å²) in [6.07, 6.45) is 1.32. The van der Waals surface area contributed by atoms with E-state index < -0.39 is 19.8 Å². The molecule has 0 aromatic carbocycles. The van der Waals surface area contributed by atoms with Crippen molar-refractivity contribution >= 4 is 31.6 Å². The Morgan fingerprint density at radius 3 is 2.61 bits per heavy atom. The van der Waals surface area contributed by atoms with Crippen molar-refractivity contribution in [1.29, 1.82) is 0 Å². The maximum Gasteiger partial charge on any atom is 0.358 e. The number of aromatic nitrogens is 2. The van der Waals surface area contributed by atoms with Gasteiger partial charge in [-0.3, -0.25) is 9.48 Å². The van der Waals surface area contributed by atoms with Crippen molar-refractivity contribution in [3.8, 4) is 0 Å². The number of carbonyl (C=O) groups excluding carboxylic acids is 2. The van der Waals surface area contributed by atoms with Crippen LogP contribution in [0.5, 0.6) is 0 Å². The van der Waals surface area contributed by atoms with E-state index in [1.807, 2.05) is 0 Å². The lowest BCUT2D eigenvalue weighted by molar-refractivity contribution is 0.0591. The van der Waals surface area contributed by atoms with Gasteiger partial charge in [0.25, 0.3) is 5.91 Å². The molecule has 23 heavy (non-hydrogen) atoms. The predicted octanol–water partition coefficient (Wildman–Crippen LogP) is 0.306. The second-order valence-corrected chi connectivity index (χ2v) is 8.85. The molecule has 0 spiro atoms. The van der Waals surface area contributed by atoms with E-state index in [4.69, 9.17) is 10.7 Å². The van der Waals surface area contributed by atoms with Crippen molar-refractivity contribution in [3.05, 3.63) is 17.0 Å². The van der Waals surface area contributed by atoms with Crippen LogP contribution in [-0.4, -0.2) is 59.9 Å². The fourth-order valence-electron chi connectivity index (χ4n) is 2.95. The Kier molecular flexibility index (Phi) is 3.68. The van der Waals surface area contributed by atoms with E-state index in [2.05, 4.69) is 9.84 Å². The van der Waals surface area contributed by atoms with E-state index in [0.29, 0.717) is 37.1 Å². The zero-order valence-electron chi connectivity index (χ0n) is 12.7. The Balaban J connectivity index is 1.90. The second-order valence-electron chi connectivity index (χ2n) is 5.89. The highest BCUT2D eigenvalue weighted by atomic mass is 35.7. The van der Waals surface area contributed by atoms with Crippen molar-refractivity contribution in [2.24, 2.45) is 7.05 Å². The number of fused-ring (bicyclic) bond motifs is 1. The first-order chi connectivity index (χ1) is 10.7. The van der Waals surface area contributed by atoms with Crippen LogP contribution < -0.4 is 0 Å². The molecule has 0 saturated heterocycles. The summed E-state index contributed by atoms with van der Waals surface area (Å²) >= 11 is 0. The third-order valence-corrected chi connectivity index (χ3v) is 7.00. The van der Waals surface area contributed by atoms with Gasteiger partial charge >= 0.3 is 5.97 Å². The molecule has 0 N–H and O–H groups in total. The third kappa shape index (κ3) is 2.51. The molecular weight excluding hydrogens is 346 g/mol. The summed E-state index contributed by atoms with van der Waals surface area (Å²) in [6, 6.07) is 0. The topological polar surface area (TPSA) is 98.6 Å². The van der Waals surface area contributed by atoms with E-state index in [1.165, 1.54) is 16.7 Å². The van der Waals surface area contributed by atoms with Crippen molar-refractivity contribution in [2.45, 2.75) is 24.0 Å². The number of aryl methyl sites for hydroxylation is 1.